The highest BCUT2D eigenvalue weighted by atomic mass is 35.5. The quantitative estimate of drug-likeness (QED) is 0.630. The normalized spacial score (nSPS) is 9.64. The van der Waals surface area contributed by atoms with Crippen LogP contribution in [0.15, 0.2) is 18.2 Å². The van der Waals surface area contributed by atoms with Crippen LogP contribution in [0.3, 0.4) is 0 Å². The number of carboxylic acid groups (broad SMARTS) is 1. The minimum absolute atomic E-state index is 0.150. The van der Waals surface area contributed by atoms with Gasteiger partial charge in [0.25, 0.3) is 0 Å². The van der Waals surface area contributed by atoms with E-state index in [2.05, 4.69) is 0 Å². The summed E-state index contributed by atoms with van der Waals surface area (Å²) in [6, 6.07) is 4.67. The second kappa shape index (κ2) is 2.93. The predicted molar refractivity (Wildman–Crippen MR) is 40.5 cm³/mol. The Balaban J connectivity index is 3.23. The van der Waals surface area contributed by atoms with Crippen molar-refractivity contribution in [3.63, 3.8) is 0 Å². The van der Waals surface area contributed by atoms with Crippen molar-refractivity contribution < 1.29 is 9.90 Å². The number of hydrogen-bond acceptors (Lipinski definition) is 2. The topological polar surface area (TPSA) is 40.1 Å². The lowest BCUT2D eigenvalue weighted by Crippen LogP contribution is -2.23. The standard InChI is InChI=1S/C8H7ClO2/c1-5-2-3-6(9)4-7(5)8(10)11/h2-4H,1H3,(H,10,11)/p-1. The molecule has 0 unspecified atom stereocenters. The molecule has 1 aromatic carbocycles. The van der Waals surface area contributed by atoms with E-state index in [0.29, 0.717) is 10.6 Å². The van der Waals surface area contributed by atoms with Gasteiger partial charge in [-0.2, -0.15) is 0 Å². The first-order chi connectivity index (χ1) is 5.11. The molecule has 0 radical (unpaired) electrons. The highest BCUT2D eigenvalue weighted by molar-refractivity contribution is 6.30. The third kappa shape index (κ3) is 1.71. The Morgan fingerprint density at radius 3 is 2.64 bits per heavy atom. The molecule has 0 heterocycles. The van der Waals surface area contributed by atoms with Gasteiger partial charge in [-0.1, -0.05) is 17.7 Å². The number of carbonyl (C=O) groups excluding carboxylic acids is 1. The van der Waals surface area contributed by atoms with E-state index < -0.39 is 5.97 Å². The van der Waals surface area contributed by atoms with E-state index in [0.717, 1.165) is 0 Å². The van der Waals surface area contributed by atoms with Crippen molar-refractivity contribution in [1.82, 2.24) is 0 Å². The van der Waals surface area contributed by atoms with Crippen LogP contribution < -0.4 is 5.11 Å². The molecule has 0 bridgehead atoms. The molecule has 0 aliphatic carbocycles. The molecule has 0 fully saturated rings. The van der Waals surface area contributed by atoms with Gasteiger partial charge in [-0.3, -0.25) is 0 Å². The van der Waals surface area contributed by atoms with Crippen molar-refractivity contribution in [2.75, 3.05) is 0 Å². The largest absolute Gasteiger partial charge is 0.545 e. The first-order valence-corrected chi connectivity index (χ1v) is 3.46. The molecule has 1 aromatic rings. The number of carbonyl (C=O) groups is 1. The number of rotatable bonds is 1. The van der Waals surface area contributed by atoms with Gasteiger partial charge in [0.15, 0.2) is 0 Å². The molecule has 3 heteroatoms. The number of halogens is 1. The molecular formula is C8H6ClO2-. The molecule has 0 saturated carbocycles. The summed E-state index contributed by atoms with van der Waals surface area (Å²) in [7, 11) is 0. The van der Waals surface area contributed by atoms with Crippen LogP contribution in [0.2, 0.25) is 5.02 Å². The maximum absolute atomic E-state index is 10.4. The van der Waals surface area contributed by atoms with Crippen LogP contribution in [-0.2, 0) is 0 Å². The zero-order valence-corrected chi connectivity index (χ0v) is 6.68. The van der Waals surface area contributed by atoms with Gasteiger partial charge in [-0.05, 0) is 24.6 Å². The predicted octanol–water partition coefficient (Wildman–Crippen LogP) is 1.01. The minimum atomic E-state index is -1.19. The van der Waals surface area contributed by atoms with Crippen LogP contribution in [0.1, 0.15) is 15.9 Å². The minimum Gasteiger partial charge on any atom is -0.545 e. The van der Waals surface area contributed by atoms with Crippen molar-refractivity contribution in [3.05, 3.63) is 34.3 Å². The Bertz CT molecular complexity index is 294. The Labute approximate surface area is 69.4 Å². The van der Waals surface area contributed by atoms with Crippen molar-refractivity contribution in [1.29, 1.82) is 0 Å². The fourth-order valence-corrected chi connectivity index (χ4v) is 0.986. The third-order valence-corrected chi connectivity index (χ3v) is 1.65. The third-order valence-electron chi connectivity index (χ3n) is 1.42. The van der Waals surface area contributed by atoms with E-state index in [9.17, 15) is 9.90 Å². The molecule has 0 saturated heterocycles. The monoisotopic (exact) mass is 169 g/mol. The van der Waals surface area contributed by atoms with Crippen LogP contribution in [-0.4, -0.2) is 5.97 Å². The molecule has 0 amide bonds. The summed E-state index contributed by atoms with van der Waals surface area (Å²) in [5.74, 6) is -1.19. The first kappa shape index (κ1) is 8.08. The zero-order valence-electron chi connectivity index (χ0n) is 5.93. The molecule has 1 rings (SSSR count). The maximum Gasteiger partial charge on any atom is 0.0718 e. The summed E-state index contributed by atoms with van der Waals surface area (Å²) in [5.41, 5.74) is 0.812. The van der Waals surface area contributed by atoms with Gasteiger partial charge in [-0.15, -0.1) is 0 Å². The Morgan fingerprint density at radius 2 is 2.18 bits per heavy atom. The summed E-state index contributed by atoms with van der Waals surface area (Å²) < 4.78 is 0. The van der Waals surface area contributed by atoms with Gasteiger partial charge in [0, 0.05) is 10.6 Å². The van der Waals surface area contributed by atoms with Gasteiger partial charge < -0.3 is 9.90 Å². The fraction of sp³-hybridized carbons (Fsp3) is 0.125. The molecule has 2 nitrogen and oxygen atoms in total. The van der Waals surface area contributed by atoms with Crippen molar-refractivity contribution in [2.45, 2.75) is 6.92 Å². The van der Waals surface area contributed by atoms with Crippen LogP contribution in [0.5, 0.6) is 0 Å². The number of aryl methyl sites for hydroxylation is 1. The molecule has 0 aliphatic heterocycles. The second-order valence-electron chi connectivity index (χ2n) is 2.25. The Morgan fingerprint density at radius 1 is 1.55 bits per heavy atom. The SMILES string of the molecule is Cc1ccc(Cl)cc1C(=O)[O-]. The van der Waals surface area contributed by atoms with E-state index in [1.54, 1.807) is 19.1 Å². The number of hydrogen-bond donors (Lipinski definition) is 0. The van der Waals surface area contributed by atoms with E-state index in [-0.39, 0.29) is 5.56 Å². The van der Waals surface area contributed by atoms with Gasteiger partial charge in [0.1, 0.15) is 0 Å². The molecule has 0 N–H and O–H groups in total. The molecular weight excluding hydrogens is 164 g/mol. The maximum atomic E-state index is 10.4. The van der Waals surface area contributed by atoms with E-state index in [1.807, 2.05) is 0 Å². The highest BCUT2D eigenvalue weighted by Gasteiger charge is 1.98. The molecule has 11 heavy (non-hydrogen) atoms. The van der Waals surface area contributed by atoms with Crippen molar-refractivity contribution in [2.24, 2.45) is 0 Å². The zero-order chi connectivity index (χ0) is 8.43. The molecule has 0 aliphatic rings. The summed E-state index contributed by atoms with van der Waals surface area (Å²) >= 11 is 5.57. The van der Waals surface area contributed by atoms with Crippen LogP contribution >= 0.6 is 11.6 Å². The Kier molecular flexibility index (Phi) is 2.15. The highest BCUT2D eigenvalue weighted by Crippen LogP contribution is 2.14. The molecule has 0 aromatic heterocycles. The summed E-state index contributed by atoms with van der Waals surface area (Å²) in [6.07, 6.45) is 0. The van der Waals surface area contributed by atoms with E-state index in [1.165, 1.54) is 6.07 Å². The van der Waals surface area contributed by atoms with Crippen molar-refractivity contribution in [3.8, 4) is 0 Å². The van der Waals surface area contributed by atoms with E-state index in [4.69, 9.17) is 11.6 Å². The first-order valence-electron chi connectivity index (χ1n) is 3.09. The van der Waals surface area contributed by atoms with Crippen LogP contribution in [0.25, 0.3) is 0 Å². The smallest absolute Gasteiger partial charge is 0.0718 e. The average Bonchev–Trinajstić information content (AvgIpc) is 1.94. The molecule has 0 atom stereocenters. The Hall–Kier alpha value is -1.02. The molecule has 58 valence electrons. The lowest BCUT2D eigenvalue weighted by molar-refractivity contribution is -0.255. The second-order valence-corrected chi connectivity index (χ2v) is 2.68. The summed E-state index contributed by atoms with van der Waals surface area (Å²) in [6.45, 7) is 1.70. The lowest BCUT2D eigenvalue weighted by Gasteiger charge is -2.05. The average molecular weight is 170 g/mol. The lowest BCUT2D eigenvalue weighted by atomic mass is 10.1. The number of benzene rings is 1. The summed E-state index contributed by atoms with van der Waals surface area (Å²) in [5, 5.41) is 10.8. The number of aromatic carboxylic acids is 1. The van der Waals surface area contributed by atoms with Gasteiger partial charge >= 0.3 is 0 Å². The van der Waals surface area contributed by atoms with Gasteiger partial charge in [0.05, 0.1) is 5.97 Å². The number of carboxylic acids is 1. The fourth-order valence-electron chi connectivity index (χ4n) is 0.814. The van der Waals surface area contributed by atoms with E-state index >= 15 is 0 Å². The van der Waals surface area contributed by atoms with Crippen molar-refractivity contribution >= 4 is 17.6 Å². The van der Waals surface area contributed by atoms with Crippen LogP contribution in [0.4, 0.5) is 0 Å². The van der Waals surface area contributed by atoms with Gasteiger partial charge in [-0.25, -0.2) is 0 Å². The summed E-state index contributed by atoms with van der Waals surface area (Å²) in [4.78, 5) is 10.4. The van der Waals surface area contributed by atoms with Gasteiger partial charge in [0.2, 0.25) is 0 Å². The van der Waals surface area contributed by atoms with Crippen LogP contribution in [0, 0.1) is 6.92 Å². The molecule has 0 spiro atoms.